The summed E-state index contributed by atoms with van der Waals surface area (Å²) in [5.74, 6) is 1.00. The molecule has 2 N–H and O–H groups in total. The molecular weight excluding hydrogens is 162 g/mol. The van der Waals surface area contributed by atoms with Gasteiger partial charge in [0.2, 0.25) is 0 Å². The van der Waals surface area contributed by atoms with E-state index in [0.29, 0.717) is 11.7 Å². The Balaban J connectivity index is 2.07. The van der Waals surface area contributed by atoms with E-state index in [9.17, 15) is 5.11 Å². The van der Waals surface area contributed by atoms with Gasteiger partial charge in [0.15, 0.2) is 0 Å². The predicted molar refractivity (Wildman–Crippen MR) is 53.1 cm³/mol. The molecule has 1 aromatic rings. The average molecular weight is 177 g/mol. The van der Waals surface area contributed by atoms with Gasteiger partial charge in [0, 0.05) is 12.5 Å². The molecule has 0 bridgehead atoms. The van der Waals surface area contributed by atoms with Crippen LogP contribution in [-0.4, -0.2) is 18.2 Å². The van der Waals surface area contributed by atoms with Gasteiger partial charge in [-0.25, -0.2) is 0 Å². The highest BCUT2D eigenvalue weighted by Crippen LogP contribution is 2.36. The number of aromatic hydroxyl groups is 1. The number of phenolic OH excluding ortho intramolecular Hbond substituents is 1. The molecule has 1 aliphatic rings. The Morgan fingerprint density at radius 2 is 2.38 bits per heavy atom. The zero-order chi connectivity index (χ0) is 9.26. The summed E-state index contributed by atoms with van der Waals surface area (Å²) in [4.78, 5) is 0. The Morgan fingerprint density at radius 3 is 3.15 bits per heavy atom. The topological polar surface area (TPSA) is 32.3 Å². The molecule has 0 fully saturated rings. The lowest BCUT2D eigenvalue weighted by atomic mass is 9.77. The molecule has 13 heavy (non-hydrogen) atoms. The number of hydrogen-bond donors (Lipinski definition) is 2. The fourth-order valence-corrected chi connectivity index (χ4v) is 1.89. The number of hydrogen-bond acceptors (Lipinski definition) is 2. The van der Waals surface area contributed by atoms with E-state index in [2.05, 4.69) is 12.2 Å². The molecule has 0 aliphatic heterocycles. The van der Waals surface area contributed by atoms with E-state index < -0.39 is 0 Å². The molecule has 1 aromatic carbocycles. The molecule has 1 atom stereocenters. The van der Waals surface area contributed by atoms with Crippen molar-refractivity contribution in [3.05, 3.63) is 29.3 Å². The lowest BCUT2D eigenvalue weighted by Crippen LogP contribution is -2.28. The summed E-state index contributed by atoms with van der Waals surface area (Å²) in [7, 11) is 0. The Bertz CT molecular complexity index is 309. The second-order valence-electron chi connectivity index (χ2n) is 3.59. The van der Waals surface area contributed by atoms with Gasteiger partial charge < -0.3 is 10.4 Å². The molecule has 2 heteroatoms. The number of likely N-dealkylation sites (N-methyl/N-ethyl adjacent to an activating group) is 1. The fraction of sp³-hybridized carbons (Fsp3) is 0.455. The van der Waals surface area contributed by atoms with Gasteiger partial charge in [-0.3, -0.25) is 0 Å². The van der Waals surface area contributed by atoms with Crippen LogP contribution in [0, 0.1) is 0 Å². The van der Waals surface area contributed by atoms with E-state index in [1.54, 1.807) is 6.07 Å². The predicted octanol–water partition coefficient (Wildman–Crippen LogP) is 1.64. The maximum absolute atomic E-state index is 9.29. The lowest BCUT2D eigenvalue weighted by molar-refractivity contribution is 0.468. The van der Waals surface area contributed by atoms with Crippen LogP contribution in [0.25, 0.3) is 0 Å². The normalized spacial score (nSPS) is 19.3. The van der Waals surface area contributed by atoms with Crippen molar-refractivity contribution in [1.29, 1.82) is 0 Å². The molecule has 2 nitrogen and oxygen atoms in total. The van der Waals surface area contributed by atoms with Crippen molar-refractivity contribution in [2.45, 2.75) is 19.3 Å². The lowest BCUT2D eigenvalue weighted by Gasteiger charge is -2.30. The van der Waals surface area contributed by atoms with Crippen molar-refractivity contribution in [2.24, 2.45) is 0 Å². The zero-order valence-corrected chi connectivity index (χ0v) is 7.88. The number of rotatable bonds is 3. The second-order valence-corrected chi connectivity index (χ2v) is 3.59. The first kappa shape index (κ1) is 8.57. The maximum atomic E-state index is 9.29. The van der Waals surface area contributed by atoms with Crippen LogP contribution < -0.4 is 5.32 Å². The van der Waals surface area contributed by atoms with Crippen LogP contribution in [0.15, 0.2) is 18.2 Å². The molecule has 0 aromatic heterocycles. The van der Waals surface area contributed by atoms with Crippen molar-refractivity contribution in [2.75, 3.05) is 13.1 Å². The first-order valence-electron chi connectivity index (χ1n) is 4.83. The number of phenols is 1. The summed E-state index contributed by atoms with van der Waals surface area (Å²) in [6.07, 6.45) is 1.16. The van der Waals surface area contributed by atoms with Crippen LogP contribution in [0.5, 0.6) is 5.75 Å². The molecule has 2 rings (SSSR count). The van der Waals surface area contributed by atoms with Gasteiger partial charge in [-0.15, -0.1) is 0 Å². The molecular formula is C11H15NO. The van der Waals surface area contributed by atoms with Crippen LogP contribution in [0.1, 0.15) is 24.0 Å². The molecule has 1 unspecified atom stereocenters. The molecule has 0 spiro atoms. The molecule has 1 aliphatic carbocycles. The first-order valence-corrected chi connectivity index (χ1v) is 4.83. The third-order valence-corrected chi connectivity index (χ3v) is 2.68. The van der Waals surface area contributed by atoms with Crippen molar-refractivity contribution < 1.29 is 5.11 Å². The Hall–Kier alpha value is -1.02. The molecule has 0 radical (unpaired) electrons. The van der Waals surface area contributed by atoms with Gasteiger partial charge in [0.25, 0.3) is 0 Å². The number of nitrogens with one attached hydrogen (secondary N) is 1. The molecule has 70 valence electrons. The summed E-state index contributed by atoms with van der Waals surface area (Å²) < 4.78 is 0. The smallest absolute Gasteiger partial charge is 0.115 e. The van der Waals surface area contributed by atoms with Crippen LogP contribution >= 0.6 is 0 Å². The van der Waals surface area contributed by atoms with E-state index in [1.807, 2.05) is 12.1 Å². The molecule has 0 saturated carbocycles. The van der Waals surface area contributed by atoms with Gasteiger partial charge in [-0.2, -0.15) is 0 Å². The van der Waals surface area contributed by atoms with Crippen LogP contribution in [-0.2, 0) is 6.42 Å². The van der Waals surface area contributed by atoms with E-state index in [-0.39, 0.29) is 0 Å². The van der Waals surface area contributed by atoms with Crippen LogP contribution in [0.3, 0.4) is 0 Å². The van der Waals surface area contributed by atoms with Gasteiger partial charge in [0.1, 0.15) is 5.75 Å². The Morgan fingerprint density at radius 1 is 1.54 bits per heavy atom. The SMILES string of the molecule is CCNCC1Cc2ccc(O)cc21. The largest absolute Gasteiger partial charge is 0.508 e. The summed E-state index contributed by atoms with van der Waals surface area (Å²) >= 11 is 0. The Labute approximate surface area is 78.6 Å². The summed E-state index contributed by atoms with van der Waals surface area (Å²) in [6.45, 7) is 4.17. The standard InChI is InChI=1S/C11H15NO/c1-2-12-7-9-5-8-3-4-10(13)6-11(8)9/h3-4,6,9,12-13H,2,5,7H2,1H3. The van der Waals surface area contributed by atoms with E-state index in [4.69, 9.17) is 0 Å². The Kier molecular flexibility index (Phi) is 2.23. The number of benzene rings is 1. The van der Waals surface area contributed by atoms with Crippen molar-refractivity contribution >= 4 is 0 Å². The average Bonchev–Trinajstić information content (AvgIpc) is 2.11. The minimum absolute atomic E-state index is 0.389. The maximum Gasteiger partial charge on any atom is 0.115 e. The van der Waals surface area contributed by atoms with Crippen molar-refractivity contribution in [3.8, 4) is 5.75 Å². The molecule has 0 saturated heterocycles. The van der Waals surface area contributed by atoms with E-state index >= 15 is 0 Å². The van der Waals surface area contributed by atoms with Gasteiger partial charge >= 0.3 is 0 Å². The highest BCUT2D eigenvalue weighted by molar-refractivity contribution is 5.44. The van der Waals surface area contributed by atoms with E-state index in [1.165, 1.54) is 11.1 Å². The minimum atomic E-state index is 0.389. The summed E-state index contributed by atoms with van der Waals surface area (Å²) in [5.41, 5.74) is 2.71. The molecule has 0 heterocycles. The van der Waals surface area contributed by atoms with Gasteiger partial charge in [0.05, 0.1) is 0 Å². The van der Waals surface area contributed by atoms with Crippen LogP contribution in [0.4, 0.5) is 0 Å². The minimum Gasteiger partial charge on any atom is -0.508 e. The monoisotopic (exact) mass is 177 g/mol. The van der Waals surface area contributed by atoms with E-state index in [0.717, 1.165) is 19.5 Å². The van der Waals surface area contributed by atoms with Gasteiger partial charge in [-0.1, -0.05) is 13.0 Å². The zero-order valence-electron chi connectivity index (χ0n) is 7.88. The highest BCUT2D eigenvalue weighted by Gasteiger charge is 2.25. The third kappa shape index (κ3) is 1.54. The van der Waals surface area contributed by atoms with Crippen molar-refractivity contribution in [1.82, 2.24) is 5.32 Å². The third-order valence-electron chi connectivity index (χ3n) is 2.68. The summed E-state index contributed by atoms with van der Waals surface area (Å²) in [5, 5.41) is 12.6. The fourth-order valence-electron chi connectivity index (χ4n) is 1.89. The van der Waals surface area contributed by atoms with Gasteiger partial charge in [-0.05, 0) is 36.2 Å². The number of fused-ring (bicyclic) bond motifs is 1. The first-order chi connectivity index (χ1) is 6.31. The second kappa shape index (κ2) is 3.38. The van der Waals surface area contributed by atoms with Crippen molar-refractivity contribution in [3.63, 3.8) is 0 Å². The quantitative estimate of drug-likeness (QED) is 0.735. The summed E-state index contributed by atoms with van der Waals surface area (Å²) in [6, 6.07) is 5.68. The highest BCUT2D eigenvalue weighted by atomic mass is 16.3. The molecule has 0 amide bonds. The van der Waals surface area contributed by atoms with Crippen LogP contribution in [0.2, 0.25) is 0 Å².